The molecule has 0 unspecified atom stereocenters. The Labute approximate surface area is 136 Å². The normalized spacial score (nSPS) is 23.0. The van der Waals surface area contributed by atoms with Crippen molar-refractivity contribution in [3.8, 4) is 11.4 Å². The van der Waals surface area contributed by atoms with Crippen molar-refractivity contribution >= 4 is 5.91 Å². The molecule has 0 N–H and O–H groups in total. The standard InChI is InChI=1S/C18H22N4O/c1-12(2)18(23)21-10-14-8-9-16-19-20-17(22(16)15(14)11-21)13-6-4-3-5-7-13/h3-7,12,14-15H,8-11H2,1-2H3/t14-,15+/m1/s1. The molecule has 1 aromatic carbocycles. The topological polar surface area (TPSA) is 51.0 Å². The molecule has 5 nitrogen and oxygen atoms in total. The maximum absolute atomic E-state index is 12.4. The van der Waals surface area contributed by atoms with Crippen LogP contribution in [0.4, 0.5) is 0 Å². The third-order valence-electron chi connectivity index (χ3n) is 5.08. The maximum Gasteiger partial charge on any atom is 0.225 e. The summed E-state index contributed by atoms with van der Waals surface area (Å²) in [4.78, 5) is 14.4. The van der Waals surface area contributed by atoms with Crippen LogP contribution in [0.3, 0.4) is 0 Å². The van der Waals surface area contributed by atoms with Crippen molar-refractivity contribution in [1.29, 1.82) is 0 Å². The van der Waals surface area contributed by atoms with Gasteiger partial charge in [-0.05, 0) is 12.3 Å². The van der Waals surface area contributed by atoms with Crippen LogP contribution in [0.5, 0.6) is 0 Å². The van der Waals surface area contributed by atoms with E-state index in [4.69, 9.17) is 0 Å². The number of aromatic nitrogens is 3. The smallest absolute Gasteiger partial charge is 0.225 e. The summed E-state index contributed by atoms with van der Waals surface area (Å²) in [7, 11) is 0. The third kappa shape index (κ3) is 2.35. The lowest BCUT2D eigenvalue weighted by Gasteiger charge is -2.27. The van der Waals surface area contributed by atoms with Gasteiger partial charge in [-0.1, -0.05) is 44.2 Å². The number of hydrogen-bond donors (Lipinski definition) is 0. The van der Waals surface area contributed by atoms with Crippen LogP contribution >= 0.6 is 0 Å². The molecule has 4 rings (SSSR count). The second kappa shape index (κ2) is 5.48. The van der Waals surface area contributed by atoms with Gasteiger partial charge in [0.15, 0.2) is 5.82 Å². The van der Waals surface area contributed by atoms with E-state index in [0.29, 0.717) is 12.0 Å². The molecule has 2 aromatic rings. The van der Waals surface area contributed by atoms with Crippen LogP contribution in [-0.2, 0) is 11.2 Å². The van der Waals surface area contributed by atoms with Crippen molar-refractivity contribution < 1.29 is 4.79 Å². The Morgan fingerprint density at radius 1 is 1.17 bits per heavy atom. The number of carbonyl (C=O) groups excluding carboxylic acids is 1. The molecule has 120 valence electrons. The molecule has 0 saturated carbocycles. The van der Waals surface area contributed by atoms with Crippen molar-refractivity contribution in [3.05, 3.63) is 36.2 Å². The highest BCUT2D eigenvalue weighted by atomic mass is 16.2. The fourth-order valence-corrected chi connectivity index (χ4v) is 3.92. The van der Waals surface area contributed by atoms with Gasteiger partial charge < -0.3 is 9.47 Å². The summed E-state index contributed by atoms with van der Waals surface area (Å²) in [6.45, 7) is 5.61. The van der Waals surface area contributed by atoms with Crippen molar-refractivity contribution in [2.24, 2.45) is 11.8 Å². The second-order valence-corrected chi connectivity index (χ2v) is 6.94. The van der Waals surface area contributed by atoms with E-state index < -0.39 is 0 Å². The Kier molecular flexibility index (Phi) is 3.43. The lowest BCUT2D eigenvalue weighted by Crippen LogP contribution is -2.32. The predicted molar refractivity (Wildman–Crippen MR) is 87.7 cm³/mol. The first kappa shape index (κ1) is 14.4. The SMILES string of the molecule is CC(C)C(=O)N1C[C@H]2CCc3nnc(-c4ccccc4)n3[C@H]2C1. The third-order valence-corrected chi connectivity index (χ3v) is 5.08. The average molecular weight is 310 g/mol. The largest absolute Gasteiger partial charge is 0.340 e. The van der Waals surface area contributed by atoms with Gasteiger partial charge in [0, 0.05) is 31.0 Å². The highest BCUT2D eigenvalue weighted by molar-refractivity contribution is 5.78. The molecule has 0 bridgehead atoms. The number of nitrogens with zero attached hydrogens (tertiary/aromatic N) is 4. The second-order valence-electron chi connectivity index (χ2n) is 6.94. The minimum atomic E-state index is 0.0594. The Bertz CT molecular complexity index is 722. The Morgan fingerprint density at radius 3 is 2.70 bits per heavy atom. The summed E-state index contributed by atoms with van der Waals surface area (Å²) in [5.74, 6) is 2.83. The zero-order chi connectivity index (χ0) is 16.0. The van der Waals surface area contributed by atoms with Crippen molar-refractivity contribution in [2.75, 3.05) is 13.1 Å². The van der Waals surface area contributed by atoms with Gasteiger partial charge in [-0.25, -0.2) is 0 Å². The van der Waals surface area contributed by atoms with Gasteiger partial charge >= 0.3 is 0 Å². The fraction of sp³-hybridized carbons (Fsp3) is 0.500. The van der Waals surface area contributed by atoms with Crippen LogP contribution in [0.2, 0.25) is 0 Å². The van der Waals surface area contributed by atoms with Gasteiger partial charge in [-0.2, -0.15) is 0 Å². The summed E-state index contributed by atoms with van der Waals surface area (Å²) in [6, 6.07) is 10.5. The lowest BCUT2D eigenvalue weighted by atomic mass is 9.93. The van der Waals surface area contributed by atoms with E-state index in [-0.39, 0.29) is 11.8 Å². The first-order valence-electron chi connectivity index (χ1n) is 8.43. The summed E-state index contributed by atoms with van der Waals surface area (Å²) < 4.78 is 2.29. The van der Waals surface area contributed by atoms with E-state index in [1.54, 1.807) is 0 Å². The molecule has 0 aliphatic carbocycles. The van der Waals surface area contributed by atoms with E-state index in [9.17, 15) is 4.79 Å². The number of hydrogen-bond acceptors (Lipinski definition) is 3. The number of carbonyl (C=O) groups is 1. The summed E-state index contributed by atoms with van der Waals surface area (Å²) >= 11 is 0. The molecule has 1 fully saturated rings. The molecule has 2 aliphatic rings. The minimum absolute atomic E-state index is 0.0594. The van der Waals surface area contributed by atoms with E-state index in [0.717, 1.165) is 43.1 Å². The van der Waals surface area contributed by atoms with Crippen molar-refractivity contribution in [1.82, 2.24) is 19.7 Å². The first-order valence-corrected chi connectivity index (χ1v) is 8.43. The van der Waals surface area contributed by atoms with E-state index in [1.165, 1.54) is 0 Å². The molecule has 2 aliphatic heterocycles. The van der Waals surface area contributed by atoms with Crippen molar-refractivity contribution in [2.45, 2.75) is 32.7 Å². The quantitative estimate of drug-likeness (QED) is 0.856. The van der Waals surface area contributed by atoms with Gasteiger partial charge in [0.2, 0.25) is 5.91 Å². The van der Waals surface area contributed by atoms with Gasteiger partial charge in [0.05, 0.1) is 6.04 Å². The van der Waals surface area contributed by atoms with E-state index in [1.807, 2.05) is 36.9 Å². The first-order chi connectivity index (χ1) is 11.1. The molecule has 1 amide bonds. The van der Waals surface area contributed by atoms with Crippen LogP contribution in [0.25, 0.3) is 11.4 Å². The maximum atomic E-state index is 12.4. The average Bonchev–Trinajstić information content (AvgIpc) is 3.18. The predicted octanol–water partition coefficient (Wildman–Crippen LogP) is 2.55. The summed E-state index contributed by atoms with van der Waals surface area (Å²) in [5.41, 5.74) is 1.10. The molecular weight excluding hydrogens is 288 g/mol. The molecule has 23 heavy (non-hydrogen) atoms. The van der Waals surface area contributed by atoms with Crippen LogP contribution in [0.15, 0.2) is 30.3 Å². The highest BCUT2D eigenvalue weighted by Gasteiger charge is 2.41. The number of amides is 1. The van der Waals surface area contributed by atoms with Crippen LogP contribution in [0.1, 0.15) is 32.1 Å². The van der Waals surface area contributed by atoms with Gasteiger partial charge in [-0.3, -0.25) is 4.79 Å². The minimum Gasteiger partial charge on any atom is -0.340 e. The van der Waals surface area contributed by atoms with E-state index in [2.05, 4.69) is 26.9 Å². The molecular formula is C18H22N4O. The highest BCUT2D eigenvalue weighted by Crippen LogP contribution is 2.39. The summed E-state index contributed by atoms with van der Waals surface area (Å²) in [5, 5.41) is 8.85. The lowest BCUT2D eigenvalue weighted by molar-refractivity contribution is -0.133. The number of likely N-dealkylation sites (tertiary alicyclic amines) is 1. The van der Waals surface area contributed by atoms with E-state index >= 15 is 0 Å². The van der Waals surface area contributed by atoms with Crippen molar-refractivity contribution in [3.63, 3.8) is 0 Å². The molecule has 5 heteroatoms. The Morgan fingerprint density at radius 2 is 1.96 bits per heavy atom. The van der Waals surface area contributed by atoms with Crippen LogP contribution in [-0.4, -0.2) is 38.7 Å². The Balaban J connectivity index is 1.70. The van der Waals surface area contributed by atoms with Crippen LogP contribution < -0.4 is 0 Å². The zero-order valence-electron chi connectivity index (χ0n) is 13.6. The molecule has 1 saturated heterocycles. The monoisotopic (exact) mass is 310 g/mol. The fourth-order valence-electron chi connectivity index (χ4n) is 3.92. The number of fused-ring (bicyclic) bond motifs is 3. The summed E-state index contributed by atoms with van der Waals surface area (Å²) in [6.07, 6.45) is 2.05. The Hall–Kier alpha value is -2.17. The molecule has 1 aromatic heterocycles. The number of benzene rings is 1. The number of rotatable bonds is 2. The molecule has 0 radical (unpaired) electrons. The zero-order valence-corrected chi connectivity index (χ0v) is 13.6. The van der Waals surface area contributed by atoms with Crippen LogP contribution in [0, 0.1) is 11.8 Å². The van der Waals surface area contributed by atoms with Gasteiger partial charge in [0.25, 0.3) is 0 Å². The van der Waals surface area contributed by atoms with Gasteiger partial charge in [0.1, 0.15) is 5.82 Å². The molecule has 3 heterocycles. The number of aryl methyl sites for hydroxylation is 1. The molecule has 0 spiro atoms. The molecule has 2 atom stereocenters. The van der Waals surface area contributed by atoms with Gasteiger partial charge in [-0.15, -0.1) is 10.2 Å².